The van der Waals surface area contributed by atoms with Gasteiger partial charge in [0, 0.05) is 12.1 Å². The van der Waals surface area contributed by atoms with Gasteiger partial charge in [0.2, 0.25) is 5.09 Å². The van der Waals surface area contributed by atoms with Crippen LogP contribution in [0.4, 0.5) is 4.79 Å². The molecule has 0 fully saturated rings. The van der Waals surface area contributed by atoms with Crippen molar-refractivity contribution >= 4 is 16.1 Å². The summed E-state index contributed by atoms with van der Waals surface area (Å²) in [4.78, 5) is 11.6. The van der Waals surface area contributed by atoms with Crippen LogP contribution in [0.5, 0.6) is 0 Å². The minimum absolute atomic E-state index is 0.279. The first-order chi connectivity index (χ1) is 10.3. The number of primary sulfonamides is 1. The van der Waals surface area contributed by atoms with Crippen LogP contribution in [0.1, 0.15) is 40.4 Å². The maximum Gasteiger partial charge on any atom is 0.407 e. The van der Waals surface area contributed by atoms with Gasteiger partial charge in [-0.05, 0) is 46.8 Å². The Balaban J connectivity index is 2.49. The van der Waals surface area contributed by atoms with Gasteiger partial charge in [-0.3, -0.25) is 0 Å². The van der Waals surface area contributed by atoms with Gasteiger partial charge in [-0.25, -0.2) is 18.4 Å². The normalized spacial score (nSPS) is 13.0. The highest BCUT2D eigenvalue weighted by Crippen LogP contribution is 2.13. The molecule has 0 aliphatic carbocycles. The Morgan fingerprint density at radius 3 is 2.35 bits per heavy atom. The van der Waals surface area contributed by atoms with Crippen molar-refractivity contribution < 1.29 is 22.4 Å². The monoisotopic (exact) mass is 347 g/mol. The number of furan rings is 1. The number of alkyl carbamates (subject to hydrolysis) is 1. The van der Waals surface area contributed by atoms with E-state index in [1.165, 1.54) is 12.1 Å². The highest BCUT2D eigenvalue weighted by Gasteiger charge is 2.22. The lowest BCUT2D eigenvalue weighted by molar-refractivity contribution is 0.0513. The molecule has 0 aliphatic rings. The number of ether oxygens (including phenoxy) is 1. The van der Waals surface area contributed by atoms with Gasteiger partial charge in [-0.15, -0.1) is 0 Å². The van der Waals surface area contributed by atoms with Gasteiger partial charge in [0.05, 0.1) is 6.54 Å². The number of carbonyl (C=O) groups excluding carboxylic acids is 1. The molecular formula is C14H25N3O5S. The van der Waals surface area contributed by atoms with Crippen molar-refractivity contribution in [3.05, 3.63) is 17.9 Å². The molecule has 8 nitrogen and oxygen atoms in total. The van der Waals surface area contributed by atoms with Crippen LogP contribution in [0.25, 0.3) is 0 Å². The Labute approximate surface area is 136 Å². The summed E-state index contributed by atoms with van der Waals surface area (Å²) in [7, 11) is -3.84. The number of hydrogen-bond acceptors (Lipinski definition) is 6. The molecule has 0 bridgehead atoms. The summed E-state index contributed by atoms with van der Waals surface area (Å²) in [5.41, 5.74) is -1.01. The zero-order valence-electron chi connectivity index (χ0n) is 14.1. The average Bonchev–Trinajstić information content (AvgIpc) is 2.81. The molecule has 1 heterocycles. The smallest absolute Gasteiger partial charge is 0.407 e. The predicted octanol–water partition coefficient (Wildman–Crippen LogP) is 1.32. The Morgan fingerprint density at radius 1 is 1.26 bits per heavy atom. The molecule has 1 aromatic rings. The lowest BCUT2D eigenvalue weighted by Gasteiger charge is -2.27. The summed E-state index contributed by atoms with van der Waals surface area (Å²) in [6.45, 7) is 9.74. The van der Waals surface area contributed by atoms with E-state index in [-0.39, 0.29) is 5.09 Å². The number of amides is 1. The molecule has 4 N–H and O–H groups in total. The van der Waals surface area contributed by atoms with Crippen LogP contribution >= 0.6 is 0 Å². The van der Waals surface area contributed by atoms with Crippen LogP contribution in [0.2, 0.25) is 0 Å². The standard InChI is InChI=1S/C14H25N3O5S/c1-13(2,3)22-12(18)16-9-14(4,5)17-8-10-6-7-11(21-10)23(15,19)20/h6-7,17H,8-9H2,1-5H3,(H,16,18)(H2,15,19,20). The minimum atomic E-state index is -3.84. The second-order valence-corrected chi connectivity index (χ2v) is 8.35. The molecule has 0 aromatic carbocycles. The van der Waals surface area contributed by atoms with Crippen LogP contribution in [-0.2, 0) is 21.3 Å². The SMILES string of the molecule is CC(C)(CNC(=O)OC(C)(C)C)NCc1ccc(S(N)(=O)=O)o1. The van der Waals surface area contributed by atoms with Crippen LogP contribution < -0.4 is 15.8 Å². The molecule has 9 heteroatoms. The predicted molar refractivity (Wildman–Crippen MR) is 85.2 cm³/mol. The molecule has 1 rings (SSSR count). The highest BCUT2D eigenvalue weighted by molar-refractivity contribution is 7.89. The molecule has 132 valence electrons. The maximum absolute atomic E-state index is 11.6. The Kier molecular flexibility index (Phi) is 5.84. The number of nitrogens with two attached hydrogens (primary N) is 1. The summed E-state index contributed by atoms with van der Waals surface area (Å²) in [5, 5.41) is 10.5. The first kappa shape index (κ1) is 19.5. The van der Waals surface area contributed by atoms with Gasteiger partial charge in [-0.1, -0.05) is 0 Å². The summed E-state index contributed by atoms with van der Waals surface area (Å²) >= 11 is 0. The molecule has 0 unspecified atom stereocenters. The number of sulfonamides is 1. The van der Waals surface area contributed by atoms with E-state index in [9.17, 15) is 13.2 Å². The molecule has 0 spiro atoms. The molecule has 0 saturated heterocycles. The van der Waals surface area contributed by atoms with Crippen molar-refractivity contribution in [3.63, 3.8) is 0 Å². The maximum atomic E-state index is 11.6. The zero-order chi connectivity index (χ0) is 17.9. The van der Waals surface area contributed by atoms with Crippen LogP contribution in [-0.4, -0.2) is 32.2 Å². The minimum Gasteiger partial charge on any atom is -0.447 e. The lowest BCUT2D eigenvalue weighted by atomic mass is 10.1. The van der Waals surface area contributed by atoms with Crippen molar-refractivity contribution in [2.75, 3.05) is 6.54 Å². The van der Waals surface area contributed by atoms with E-state index in [2.05, 4.69) is 10.6 Å². The van der Waals surface area contributed by atoms with Crippen molar-refractivity contribution in [1.29, 1.82) is 0 Å². The van der Waals surface area contributed by atoms with Gasteiger partial charge < -0.3 is 19.8 Å². The number of hydrogen-bond donors (Lipinski definition) is 3. The highest BCUT2D eigenvalue weighted by atomic mass is 32.2. The Hall–Kier alpha value is -1.58. The third-order valence-corrected chi connectivity index (χ3v) is 3.51. The fourth-order valence-corrected chi connectivity index (χ4v) is 2.08. The molecule has 1 amide bonds. The van der Waals surface area contributed by atoms with Crippen molar-refractivity contribution in [1.82, 2.24) is 10.6 Å². The second-order valence-electron chi connectivity index (χ2n) is 6.86. The third kappa shape index (κ3) is 7.49. The van der Waals surface area contributed by atoms with Crippen molar-refractivity contribution in [2.24, 2.45) is 5.14 Å². The molecule has 0 saturated carbocycles. The average molecular weight is 347 g/mol. The lowest BCUT2D eigenvalue weighted by Crippen LogP contribution is -2.49. The van der Waals surface area contributed by atoms with Gasteiger partial charge in [-0.2, -0.15) is 0 Å². The van der Waals surface area contributed by atoms with Crippen molar-refractivity contribution in [3.8, 4) is 0 Å². The number of nitrogens with one attached hydrogen (secondary N) is 2. The fraction of sp³-hybridized carbons (Fsp3) is 0.643. The second kappa shape index (κ2) is 6.90. The van der Waals surface area contributed by atoms with E-state index in [0.717, 1.165) is 0 Å². The molecule has 0 atom stereocenters. The van der Waals surface area contributed by atoms with Crippen molar-refractivity contribution in [2.45, 2.75) is 57.4 Å². The van der Waals surface area contributed by atoms with E-state index in [1.807, 2.05) is 13.8 Å². The molecular weight excluding hydrogens is 322 g/mol. The molecule has 23 heavy (non-hydrogen) atoms. The summed E-state index contributed by atoms with van der Waals surface area (Å²) in [6, 6.07) is 2.84. The van der Waals surface area contributed by atoms with E-state index >= 15 is 0 Å². The third-order valence-electron chi connectivity index (χ3n) is 2.73. The summed E-state index contributed by atoms with van der Waals surface area (Å²) in [6.07, 6.45) is -0.498. The van der Waals surface area contributed by atoms with Gasteiger partial charge in [0.15, 0.2) is 0 Å². The van der Waals surface area contributed by atoms with Gasteiger partial charge in [0.25, 0.3) is 10.0 Å². The molecule has 1 aromatic heterocycles. The summed E-state index contributed by atoms with van der Waals surface area (Å²) in [5.74, 6) is 0.430. The van der Waals surface area contributed by atoms with Crippen LogP contribution in [0.3, 0.4) is 0 Å². The largest absolute Gasteiger partial charge is 0.447 e. The quantitative estimate of drug-likeness (QED) is 0.713. The zero-order valence-corrected chi connectivity index (χ0v) is 14.9. The molecule has 0 radical (unpaired) electrons. The molecule has 0 aliphatic heterocycles. The van der Waals surface area contributed by atoms with Crippen LogP contribution in [0.15, 0.2) is 21.6 Å². The fourth-order valence-electron chi connectivity index (χ4n) is 1.60. The summed E-state index contributed by atoms with van der Waals surface area (Å²) < 4.78 is 32.6. The van der Waals surface area contributed by atoms with Gasteiger partial charge >= 0.3 is 6.09 Å². The van der Waals surface area contributed by atoms with E-state index in [0.29, 0.717) is 18.8 Å². The van der Waals surface area contributed by atoms with E-state index < -0.39 is 27.3 Å². The van der Waals surface area contributed by atoms with E-state index in [1.54, 1.807) is 20.8 Å². The Morgan fingerprint density at radius 2 is 1.87 bits per heavy atom. The number of rotatable bonds is 6. The Bertz CT molecular complexity index is 644. The van der Waals surface area contributed by atoms with Gasteiger partial charge in [0.1, 0.15) is 11.4 Å². The topological polar surface area (TPSA) is 124 Å². The number of carbonyl (C=O) groups is 1. The first-order valence-electron chi connectivity index (χ1n) is 7.12. The van der Waals surface area contributed by atoms with E-state index in [4.69, 9.17) is 14.3 Å². The van der Waals surface area contributed by atoms with Crippen LogP contribution in [0, 0.1) is 0 Å². The first-order valence-corrected chi connectivity index (χ1v) is 8.66.